The summed E-state index contributed by atoms with van der Waals surface area (Å²) in [6.07, 6.45) is 1.06. The number of hydrogen-bond donors (Lipinski definition) is 0. The highest BCUT2D eigenvalue weighted by molar-refractivity contribution is 7.96. The third kappa shape index (κ3) is 2.75. The molecule has 2 rings (SSSR count). The smallest absolute Gasteiger partial charge is 0.0622 e. The summed E-state index contributed by atoms with van der Waals surface area (Å²) >= 11 is 5.16. The van der Waals surface area contributed by atoms with Gasteiger partial charge in [-0.15, -0.1) is 0 Å². The summed E-state index contributed by atoms with van der Waals surface area (Å²) in [5.41, 5.74) is 2.73. The summed E-state index contributed by atoms with van der Waals surface area (Å²) < 4.78 is 0. The lowest BCUT2D eigenvalue weighted by molar-refractivity contribution is 0.937. The Morgan fingerprint density at radius 1 is 0.812 bits per heavy atom. The molecule has 0 nitrogen and oxygen atoms in total. The van der Waals surface area contributed by atoms with Crippen LogP contribution < -0.4 is 0 Å². The minimum Gasteiger partial charge on any atom is -0.0622 e. The molecule has 2 aromatic carbocycles. The van der Waals surface area contributed by atoms with Gasteiger partial charge in [-0.05, 0) is 11.1 Å². The average molecular weight is 245 g/mol. The van der Waals surface area contributed by atoms with Gasteiger partial charge in [0.25, 0.3) is 0 Å². The molecule has 0 aliphatic rings. The van der Waals surface area contributed by atoms with Gasteiger partial charge in [-0.25, -0.2) is 0 Å². The molecular weight excluding hydrogens is 231 g/mol. The molecule has 1 atom stereocenters. The molecular formula is C14H14PS+. The second-order valence-corrected chi connectivity index (χ2v) is 5.29. The van der Waals surface area contributed by atoms with Crippen LogP contribution in [0.4, 0.5) is 0 Å². The topological polar surface area (TPSA) is 0 Å². The highest BCUT2D eigenvalue weighted by atomic mass is 32.4. The SMILES string of the molecule is S=[PH+]CC(c1ccccc1)c1ccccc1. The van der Waals surface area contributed by atoms with E-state index < -0.39 is 0 Å². The second-order valence-electron chi connectivity index (χ2n) is 3.72. The van der Waals surface area contributed by atoms with E-state index in [1.165, 1.54) is 11.1 Å². The Hall–Kier alpha value is -1.04. The van der Waals surface area contributed by atoms with Gasteiger partial charge in [-0.1, -0.05) is 60.7 Å². The average Bonchev–Trinajstić information content (AvgIpc) is 2.38. The fourth-order valence-corrected chi connectivity index (χ4v) is 3.02. The van der Waals surface area contributed by atoms with E-state index in [0.717, 1.165) is 6.16 Å². The van der Waals surface area contributed by atoms with Gasteiger partial charge < -0.3 is 0 Å². The Kier molecular flexibility index (Phi) is 4.21. The largest absolute Gasteiger partial charge is 0.161 e. The van der Waals surface area contributed by atoms with Crippen molar-refractivity contribution in [2.45, 2.75) is 5.92 Å². The van der Waals surface area contributed by atoms with E-state index in [-0.39, 0.29) is 0 Å². The van der Waals surface area contributed by atoms with E-state index in [4.69, 9.17) is 11.8 Å². The molecule has 0 saturated carbocycles. The summed E-state index contributed by atoms with van der Waals surface area (Å²) in [6.45, 7) is 0. The first-order valence-electron chi connectivity index (χ1n) is 5.36. The molecule has 0 aromatic heterocycles. The standard InChI is InChI=1S/C14H13PS/c16-15-11-14(12-7-3-1-4-8-12)13-9-5-2-6-10-13/h1-10,14H,11H2/p+1. The number of rotatable bonds is 4. The van der Waals surface area contributed by atoms with Gasteiger partial charge in [0.15, 0.2) is 19.2 Å². The first kappa shape index (κ1) is 11.4. The summed E-state index contributed by atoms with van der Waals surface area (Å²) in [5, 5.41) is 0. The Morgan fingerprint density at radius 3 is 1.62 bits per heavy atom. The minimum atomic E-state index is 0.457. The first-order chi connectivity index (χ1) is 7.92. The predicted octanol–water partition coefficient (Wildman–Crippen LogP) is 3.96. The molecule has 0 spiro atoms. The summed E-state index contributed by atoms with van der Waals surface area (Å²) in [7, 11) is 0.572. The van der Waals surface area contributed by atoms with Crippen LogP contribution >= 0.6 is 7.36 Å². The molecule has 0 amide bonds. The molecule has 2 aromatic rings. The maximum Gasteiger partial charge on any atom is 0.161 e. The molecule has 2 heteroatoms. The Morgan fingerprint density at radius 2 is 1.25 bits per heavy atom. The van der Waals surface area contributed by atoms with Gasteiger partial charge in [0.1, 0.15) is 6.16 Å². The van der Waals surface area contributed by atoms with Crippen molar-refractivity contribution in [1.82, 2.24) is 0 Å². The Labute approximate surface area is 103 Å². The molecule has 0 heterocycles. The molecule has 1 unspecified atom stereocenters. The molecule has 0 saturated heterocycles. The third-order valence-electron chi connectivity index (χ3n) is 2.69. The van der Waals surface area contributed by atoms with Gasteiger partial charge in [-0.3, -0.25) is 0 Å². The van der Waals surface area contributed by atoms with Crippen molar-refractivity contribution in [2.24, 2.45) is 0 Å². The highest BCUT2D eigenvalue weighted by Gasteiger charge is 2.15. The molecule has 16 heavy (non-hydrogen) atoms. The van der Waals surface area contributed by atoms with Gasteiger partial charge in [-0.2, -0.15) is 0 Å². The molecule has 0 fully saturated rings. The predicted molar refractivity (Wildman–Crippen MR) is 75.3 cm³/mol. The highest BCUT2D eigenvalue weighted by Crippen LogP contribution is 2.27. The van der Waals surface area contributed by atoms with Gasteiger partial charge in [0.2, 0.25) is 0 Å². The monoisotopic (exact) mass is 245 g/mol. The van der Waals surface area contributed by atoms with Crippen LogP contribution in [0, 0.1) is 0 Å². The summed E-state index contributed by atoms with van der Waals surface area (Å²) in [5.74, 6) is 0.457. The zero-order valence-corrected chi connectivity index (χ0v) is 10.8. The number of benzene rings is 2. The van der Waals surface area contributed by atoms with E-state index in [1.807, 2.05) is 0 Å². The van der Waals surface area contributed by atoms with Gasteiger partial charge in [0, 0.05) is 0 Å². The Bertz CT molecular complexity index is 399. The molecule has 0 radical (unpaired) electrons. The van der Waals surface area contributed by atoms with Crippen LogP contribution in [0.1, 0.15) is 17.0 Å². The van der Waals surface area contributed by atoms with Gasteiger partial charge in [0.05, 0.1) is 5.92 Å². The van der Waals surface area contributed by atoms with Crippen molar-refractivity contribution < 1.29 is 0 Å². The van der Waals surface area contributed by atoms with Crippen LogP contribution in [0.25, 0.3) is 0 Å². The van der Waals surface area contributed by atoms with Crippen LogP contribution in [0.3, 0.4) is 0 Å². The lowest BCUT2D eigenvalue weighted by Gasteiger charge is -2.12. The van der Waals surface area contributed by atoms with Crippen LogP contribution in [0.2, 0.25) is 0 Å². The van der Waals surface area contributed by atoms with Gasteiger partial charge >= 0.3 is 0 Å². The van der Waals surface area contributed by atoms with E-state index in [2.05, 4.69) is 60.7 Å². The minimum absolute atomic E-state index is 0.457. The molecule has 0 N–H and O–H groups in total. The summed E-state index contributed by atoms with van der Waals surface area (Å²) in [6, 6.07) is 21.2. The van der Waals surface area contributed by atoms with E-state index in [0.29, 0.717) is 13.3 Å². The van der Waals surface area contributed by atoms with Crippen molar-refractivity contribution in [3.8, 4) is 0 Å². The van der Waals surface area contributed by atoms with Crippen LogP contribution in [0.15, 0.2) is 60.7 Å². The normalized spacial score (nSPS) is 10.8. The lowest BCUT2D eigenvalue weighted by atomic mass is 9.93. The second kappa shape index (κ2) is 5.89. The zero-order valence-electron chi connectivity index (χ0n) is 8.97. The molecule has 0 aliphatic carbocycles. The molecule has 0 bridgehead atoms. The fraction of sp³-hybridized carbons (Fsp3) is 0.143. The van der Waals surface area contributed by atoms with Crippen molar-refractivity contribution >= 4 is 19.2 Å². The van der Waals surface area contributed by atoms with E-state index in [1.54, 1.807) is 0 Å². The van der Waals surface area contributed by atoms with Crippen LogP contribution in [-0.4, -0.2) is 6.16 Å². The maximum absolute atomic E-state index is 5.16. The zero-order chi connectivity index (χ0) is 11.2. The Balaban J connectivity index is 2.35. The third-order valence-corrected chi connectivity index (χ3v) is 3.77. The van der Waals surface area contributed by atoms with Crippen molar-refractivity contribution in [1.29, 1.82) is 0 Å². The van der Waals surface area contributed by atoms with E-state index in [9.17, 15) is 0 Å². The maximum atomic E-state index is 5.16. The van der Waals surface area contributed by atoms with Crippen molar-refractivity contribution in [3.05, 3.63) is 71.8 Å². The van der Waals surface area contributed by atoms with Crippen LogP contribution in [0.5, 0.6) is 0 Å². The molecule has 0 aliphatic heterocycles. The molecule has 80 valence electrons. The fourth-order valence-electron chi connectivity index (χ4n) is 1.88. The van der Waals surface area contributed by atoms with Crippen molar-refractivity contribution in [2.75, 3.05) is 6.16 Å². The lowest BCUT2D eigenvalue weighted by Crippen LogP contribution is -2.02. The van der Waals surface area contributed by atoms with Crippen LogP contribution in [-0.2, 0) is 11.8 Å². The van der Waals surface area contributed by atoms with E-state index >= 15 is 0 Å². The first-order valence-corrected chi connectivity index (χ1v) is 7.70. The summed E-state index contributed by atoms with van der Waals surface area (Å²) in [4.78, 5) is 0. The number of hydrogen-bond acceptors (Lipinski definition) is 1. The van der Waals surface area contributed by atoms with Crippen molar-refractivity contribution in [3.63, 3.8) is 0 Å². The quantitative estimate of drug-likeness (QED) is 0.735.